The second-order valence-electron chi connectivity index (χ2n) is 3.24. The van der Waals surface area contributed by atoms with Crippen LogP contribution in [0.2, 0.25) is 0 Å². The fourth-order valence-electron chi connectivity index (χ4n) is 1.14. The molecule has 2 rings (SSSR count). The van der Waals surface area contributed by atoms with Crippen LogP contribution in [0.1, 0.15) is 5.56 Å². The fourth-order valence-corrected chi connectivity index (χ4v) is 1.79. The predicted octanol–water partition coefficient (Wildman–Crippen LogP) is 0.257. The first kappa shape index (κ1) is 11.0. The Morgan fingerprint density at radius 2 is 2.12 bits per heavy atom. The standard InChI is InChI=1S/C9H12N6S/c1-15-6-13-14-9(15)16-8-11-4-7(2-3-10)5-12-8/h4-6H,2-3,10H2,1H3. The molecule has 6 nitrogen and oxygen atoms in total. The molecule has 0 atom stereocenters. The minimum absolute atomic E-state index is 0.610. The highest BCUT2D eigenvalue weighted by atomic mass is 32.2. The van der Waals surface area contributed by atoms with Crippen LogP contribution in [-0.4, -0.2) is 31.3 Å². The van der Waals surface area contributed by atoms with Gasteiger partial charge in [-0.3, -0.25) is 0 Å². The van der Waals surface area contributed by atoms with Gasteiger partial charge in [0.2, 0.25) is 0 Å². The molecule has 0 amide bonds. The Morgan fingerprint density at radius 3 is 2.69 bits per heavy atom. The number of aromatic nitrogens is 5. The molecule has 0 unspecified atom stereocenters. The highest BCUT2D eigenvalue weighted by Gasteiger charge is 2.05. The summed E-state index contributed by atoms with van der Waals surface area (Å²) in [5.41, 5.74) is 6.49. The van der Waals surface area contributed by atoms with Gasteiger partial charge in [0.25, 0.3) is 0 Å². The maximum Gasteiger partial charge on any atom is 0.198 e. The number of rotatable bonds is 4. The first-order valence-electron chi connectivity index (χ1n) is 4.82. The fraction of sp³-hybridized carbons (Fsp3) is 0.333. The van der Waals surface area contributed by atoms with Gasteiger partial charge in [0.1, 0.15) is 6.33 Å². The van der Waals surface area contributed by atoms with Crippen LogP contribution in [0.3, 0.4) is 0 Å². The third kappa shape index (κ3) is 2.56. The van der Waals surface area contributed by atoms with Crippen molar-refractivity contribution in [2.45, 2.75) is 16.7 Å². The van der Waals surface area contributed by atoms with E-state index in [2.05, 4.69) is 20.2 Å². The molecular formula is C9H12N6S. The summed E-state index contributed by atoms with van der Waals surface area (Å²) < 4.78 is 1.82. The van der Waals surface area contributed by atoms with Gasteiger partial charge in [0, 0.05) is 19.4 Å². The van der Waals surface area contributed by atoms with Gasteiger partial charge in [0.15, 0.2) is 10.3 Å². The molecule has 0 saturated heterocycles. The molecule has 0 aliphatic carbocycles. The van der Waals surface area contributed by atoms with Crippen molar-refractivity contribution in [2.75, 3.05) is 6.54 Å². The molecular weight excluding hydrogens is 224 g/mol. The first-order chi connectivity index (χ1) is 7.79. The number of aryl methyl sites for hydroxylation is 1. The summed E-state index contributed by atoms with van der Waals surface area (Å²) in [5.74, 6) is 0. The first-order valence-corrected chi connectivity index (χ1v) is 5.64. The summed E-state index contributed by atoms with van der Waals surface area (Å²) in [4.78, 5) is 8.46. The summed E-state index contributed by atoms with van der Waals surface area (Å²) in [7, 11) is 1.88. The molecule has 2 aromatic rings. The number of nitrogens with zero attached hydrogens (tertiary/aromatic N) is 5. The van der Waals surface area contributed by atoms with Crippen LogP contribution < -0.4 is 5.73 Å². The average Bonchev–Trinajstić information content (AvgIpc) is 2.68. The Balaban J connectivity index is 2.08. The van der Waals surface area contributed by atoms with Gasteiger partial charge >= 0.3 is 0 Å². The van der Waals surface area contributed by atoms with Gasteiger partial charge < -0.3 is 10.3 Å². The third-order valence-electron chi connectivity index (χ3n) is 1.97. The van der Waals surface area contributed by atoms with Gasteiger partial charge in [-0.1, -0.05) is 0 Å². The van der Waals surface area contributed by atoms with Crippen LogP contribution in [0.15, 0.2) is 29.0 Å². The normalized spacial score (nSPS) is 10.6. The van der Waals surface area contributed by atoms with Gasteiger partial charge in [-0.2, -0.15) is 0 Å². The van der Waals surface area contributed by atoms with Gasteiger partial charge in [-0.15, -0.1) is 10.2 Å². The van der Waals surface area contributed by atoms with Gasteiger partial charge in [-0.05, 0) is 30.3 Å². The molecule has 7 heteroatoms. The zero-order valence-corrected chi connectivity index (χ0v) is 9.68. The van der Waals surface area contributed by atoms with Crippen molar-refractivity contribution >= 4 is 11.8 Å². The molecule has 0 aliphatic rings. The van der Waals surface area contributed by atoms with E-state index in [4.69, 9.17) is 5.73 Å². The lowest BCUT2D eigenvalue weighted by Gasteiger charge is -2.00. The number of hydrogen-bond donors (Lipinski definition) is 1. The van der Waals surface area contributed by atoms with E-state index in [9.17, 15) is 0 Å². The Bertz CT molecular complexity index is 451. The molecule has 0 saturated carbocycles. The topological polar surface area (TPSA) is 82.5 Å². The molecule has 0 bridgehead atoms. The zero-order chi connectivity index (χ0) is 11.4. The predicted molar refractivity (Wildman–Crippen MR) is 59.9 cm³/mol. The average molecular weight is 236 g/mol. The van der Waals surface area contributed by atoms with E-state index in [1.165, 1.54) is 11.8 Å². The molecule has 16 heavy (non-hydrogen) atoms. The van der Waals surface area contributed by atoms with Crippen molar-refractivity contribution in [3.63, 3.8) is 0 Å². The van der Waals surface area contributed by atoms with Crippen LogP contribution in [0, 0.1) is 0 Å². The number of nitrogens with two attached hydrogens (primary N) is 1. The lowest BCUT2D eigenvalue weighted by molar-refractivity contribution is 0.782. The SMILES string of the molecule is Cn1cnnc1Sc1ncc(CCN)cn1. The number of hydrogen-bond acceptors (Lipinski definition) is 6. The lowest BCUT2D eigenvalue weighted by Crippen LogP contribution is -2.03. The van der Waals surface area contributed by atoms with Crippen molar-refractivity contribution in [3.8, 4) is 0 Å². The van der Waals surface area contributed by atoms with Gasteiger partial charge in [-0.25, -0.2) is 9.97 Å². The molecule has 84 valence electrons. The molecule has 2 heterocycles. The Kier molecular flexibility index (Phi) is 3.47. The summed E-state index contributed by atoms with van der Waals surface area (Å²) in [6.45, 7) is 0.610. The van der Waals surface area contributed by atoms with Crippen molar-refractivity contribution in [3.05, 3.63) is 24.3 Å². The van der Waals surface area contributed by atoms with Crippen molar-refractivity contribution in [2.24, 2.45) is 12.8 Å². The summed E-state index contributed by atoms with van der Waals surface area (Å²) in [6, 6.07) is 0. The van der Waals surface area contributed by atoms with Gasteiger partial charge in [0.05, 0.1) is 0 Å². The van der Waals surface area contributed by atoms with E-state index in [-0.39, 0.29) is 0 Å². The lowest BCUT2D eigenvalue weighted by atomic mass is 10.2. The Morgan fingerprint density at radius 1 is 1.38 bits per heavy atom. The quantitative estimate of drug-likeness (QED) is 0.767. The van der Waals surface area contributed by atoms with E-state index in [0.29, 0.717) is 11.7 Å². The molecule has 0 aliphatic heterocycles. The molecule has 0 radical (unpaired) electrons. The summed E-state index contributed by atoms with van der Waals surface area (Å²) in [5, 5.41) is 9.16. The molecule has 2 N–H and O–H groups in total. The largest absolute Gasteiger partial charge is 0.330 e. The second kappa shape index (κ2) is 5.04. The molecule has 2 aromatic heterocycles. The van der Waals surface area contributed by atoms with E-state index < -0.39 is 0 Å². The zero-order valence-electron chi connectivity index (χ0n) is 8.87. The van der Waals surface area contributed by atoms with Crippen molar-refractivity contribution in [1.29, 1.82) is 0 Å². The van der Waals surface area contributed by atoms with Crippen LogP contribution in [0.4, 0.5) is 0 Å². The summed E-state index contributed by atoms with van der Waals surface area (Å²) >= 11 is 1.38. The third-order valence-corrected chi connectivity index (χ3v) is 2.91. The van der Waals surface area contributed by atoms with E-state index >= 15 is 0 Å². The van der Waals surface area contributed by atoms with Crippen LogP contribution >= 0.6 is 11.8 Å². The highest BCUT2D eigenvalue weighted by molar-refractivity contribution is 7.99. The molecule has 0 aromatic carbocycles. The van der Waals surface area contributed by atoms with Crippen LogP contribution in [0.5, 0.6) is 0 Å². The monoisotopic (exact) mass is 236 g/mol. The van der Waals surface area contributed by atoms with Crippen LogP contribution in [0.25, 0.3) is 0 Å². The molecule has 0 spiro atoms. The Labute approximate surface area is 97.3 Å². The minimum Gasteiger partial charge on any atom is -0.330 e. The van der Waals surface area contributed by atoms with Crippen molar-refractivity contribution < 1.29 is 0 Å². The van der Waals surface area contributed by atoms with Crippen LogP contribution in [-0.2, 0) is 13.5 Å². The second-order valence-corrected chi connectivity index (χ2v) is 4.17. The maximum absolute atomic E-state index is 5.45. The highest BCUT2D eigenvalue weighted by Crippen LogP contribution is 2.20. The minimum atomic E-state index is 0.610. The maximum atomic E-state index is 5.45. The van der Waals surface area contributed by atoms with Crippen molar-refractivity contribution in [1.82, 2.24) is 24.7 Å². The summed E-state index contributed by atoms with van der Waals surface area (Å²) in [6.07, 6.45) is 6.02. The smallest absolute Gasteiger partial charge is 0.198 e. The van der Waals surface area contributed by atoms with E-state index in [0.717, 1.165) is 17.1 Å². The molecule has 0 fully saturated rings. The Hall–Kier alpha value is -1.47. The van der Waals surface area contributed by atoms with E-state index in [1.54, 1.807) is 18.7 Å². The van der Waals surface area contributed by atoms with E-state index in [1.807, 2.05) is 11.6 Å².